The molecule has 3 atom stereocenters. The minimum Gasteiger partial charge on any atom is -0.347 e. The number of aliphatic imine (C=N–C) groups is 1. The van der Waals surface area contributed by atoms with Crippen molar-refractivity contribution < 1.29 is 14.4 Å². The van der Waals surface area contributed by atoms with Crippen molar-refractivity contribution in [3.8, 4) is 0 Å². The highest BCUT2D eigenvalue weighted by atomic mass is 16.2. The van der Waals surface area contributed by atoms with Crippen molar-refractivity contribution in [1.29, 1.82) is 0 Å². The third-order valence-electron chi connectivity index (χ3n) is 5.11. The first-order valence-electron chi connectivity index (χ1n) is 9.00. The molecule has 1 aromatic rings. The van der Waals surface area contributed by atoms with Crippen molar-refractivity contribution in [2.24, 2.45) is 10.9 Å². The summed E-state index contributed by atoms with van der Waals surface area (Å²) in [7, 11) is 0. The Morgan fingerprint density at radius 2 is 1.92 bits per heavy atom. The number of ketones is 1. The Balaban J connectivity index is 1.64. The molecule has 26 heavy (non-hydrogen) atoms. The zero-order valence-corrected chi connectivity index (χ0v) is 14.6. The summed E-state index contributed by atoms with van der Waals surface area (Å²) in [6.07, 6.45) is 5.40. The Kier molecular flexibility index (Phi) is 4.18. The van der Waals surface area contributed by atoms with Crippen molar-refractivity contribution in [1.82, 2.24) is 10.2 Å². The Morgan fingerprint density at radius 1 is 1.19 bits per heavy atom. The van der Waals surface area contributed by atoms with E-state index in [2.05, 4.69) is 10.3 Å². The lowest BCUT2D eigenvalue weighted by Gasteiger charge is -2.16. The van der Waals surface area contributed by atoms with Gasteiger partial charge < -0.3 is 10.2 Å². The molecule has 0 spiro atoms. The molecular formula is C20H21N3O3. The number of hydrogen-bond donors (Lipinski definition) is 1. The number of Topliss-reactive ketones (excluding diaryl/α,β-unsaturated/α-hetero) is 1. The average Bonchev–Trinajstić information content (AvgIpc) is 3.24. The van der Waals surface area contributed by atoms with Crippen LogP contribution in [0.15, 0.2) is 47.1 Å². The molecule has 1 saturated carbocycles. The van der Waals surface area contributed by atoms with Crippen LogP contribution in [0.5, 0.6) is 0 Å². The van der Waals surface area contributed by atoms with E-state index in [1.54, 1.807) is 11.1 Å². The van der Waals surface area contributed by atoms with Crippen molar-refractivity contribution >= 4 is 23.8 Å². The quantitative estimate of drug-likeness (QED) is 0.815. The molecule has 6 heteroatoms. The summed E-state index contributed by atoms with van der Waals surface area (Å²) in [6.45, 7) is 2.14. The summed E-state index contributed by atoms with van der Waals surface area (Å²) in [4.78, 5) is 44.1. The molecule has 2 fully saturated rings. The maximum absolute atomic E-state index is 13.1. The van der Waals surface area contributed by atoms with Gasteiger partial charge in [0.2, 0.25) is 11.7 Å². The van der Waals surface area contributed by atoms with Crippen LogP contribution in [0, 0.1) is 5.92 Å². The average molecular weight is 351 g/mol. The minimum atomic E-state index is -0.686. The summed E-state index contributed by atoms with van der Waals surface area (Å²) >= 11 is 0. The predicted octanol–water partition coefficient (Wildman–Crippen LogP) is 1.43. The van der Waals surface area contributed by atoms with Gasteiger partial charge in [-0.15, -0.1) is 0 Å². The van der Waals surface area contributed by atoms with E-state index in [1.807, 2.05) is 43.3 Å². The summed E-state index contributed by atoms with van der Waals surface area (Å²) < 4.78 is 0. The van der Waals surface area contributed by atoms with E-state index in [-0.39, 0.29) is 24.5 Å². The zero-order chi connectivity index (χ0) is 18.3. The molecule has 0 radical (unpaired) electrons. The van der Waals surface area contributed by atoms with Crippen LogP contribution < -0.4 is 5.32 Å². The van der Waals surface area contributed by atoms with Crippen LogP contribution >= 0.6 is 0 Å². The second-order valence-electron chi connectivity index (χ2n) is 7.17. The topological polar surface area (TPSA) is 78.8 Å². The highest BCUT2D eigenvalue weighted by Crippen LogP contribution is 2.37. The van der Waals surface area contributed by atoms with Gasteiger partial charge in [-0.25, -0.2) is 0 Å². The van der Waals surface area contributed by atoms with Crippen molar-refractivity contribution in [3.63, 3.8) is 0 Å². The number of nitrogens with zero attached hydrogens (tertiary/aromatic N) is 2. The molecular weight excluding hydrogens is 330 g/mol. The van der Waals surface area contributed by atoms with E-state index in [0.29, 0.717) is 5.70 Å². The monoisotopic (exact) mass is 351 g/mol. The Bertz CT molecular complexity index is 811. The number of benzene rings is 1. The van der Waals surface area contributed by atoms with Crippen LogP contribution in [0.3, 0.4) is 0 Å². The second-order valence-corrected chi connectivity index (χ2v) is 7.17. The number of hydrogen-bond acceptors (Lipinski definition) is 4. The lowest BCUT2D eigenvalue weighted by atomic mass is 9.85. The normalized spacial score (nSPS) is 27.6. The van der Waals surface area contributed by atoms with Crippen LogP contribution in [0.1, 0.15) is 31.2 Å². The van der Waals surface area contributed by atoms with Gasteiger partial charge in [-0.2, -0.15) is 0 Å². The first-order chi connectivity index (χ1) is 12.5. The van der Waals surface area contributed by atoms with Gasteiger partial charge in [0, 0.05) is 18.8 Å². The van der Waals surface area contributed by atoms with E-state index < -0.39 is 23.5 Å². The van der Waals surface area contributed by atoms with Crippen LogP contribution in [-0.2, 0) is 14.4 Å². The number of rotatable bonds is 5. The van der Waals surface area contributed by atoms with Gasteiger partial charge >= 0.3 is 0 Å². The molecule has 1 N–H and O–H groups in total. The lowest BCUT2D eigenvalue weighted by molar-refractivity contribution is -0.140. The van der Waals surface area contributed by atoms with Gasteiger partial charge in [0.15, 0.2) is 0 Å². The van der Waals surface area contributed by atoms with E-state index in [1.165, 1.54) is 0 Å². The van der Waals surface area contributed by atoms with Crippen LogP contribution in [0.4, 0.5) is 0 Å². The van der Waals surface area contributed by atoms with E-state index >= 15 is 0 Å². The van der Waals surface area contributed by atoms with E-state index in [0.717, 1.165) is 18.4 Å². The first-order valence-corrected chi connectivity index (χ1v) is 9.00. The van der Waals surface area contributed by atoms with Gasteiger partial charge in [0.25, 0.3) is 5.91 Å². The van der Waals surface area contributed by atoms with Crippen LogP contribution in [0.2, 0.25) is 0 Å². The molecule has 3 aliphatic rings. The Labute approximate surface area is 152 Å². The molecule has 4 rings (SSSR count). The predicted molar refractivity (Wildman–Crippen MR) is 96.6 cm³/mol. The smallest absolute Gasteiger partial charge is 0.287 e. The number of nitrogens with one attached hydrogen (secondary N) is 1. The zero-order valence-electron chi connectivity index (χ0n) is 14.6. The number of allylic oxidation sites excluding steroid dienone is 1. The van der Waals surface area contributed by atoms with Gasteiger partial charge in [0.1, 0.15) is 0 Å². The summed E-state index contributed by atoms with van der Waals surface area (Å²) in [5.41, 5.74) is 1.47. The molecule has 2 aliphatic heterocycles. The Hall–Kier alpha value is -2.76. The Morgan fingerprint density at radius 3 is 2.54 bits per heavy atom. The third kappa shape index (κ3) is 3.07. The van der Waals surface area contributed by atoms with E-state index in [9.17, 15) is 14.4 Å². The van der Waals surface area contributed by atoms with Gasteiger partial charge in [-0.3, -0.25) is 19.4 Å². The van der Waals surface area contributed by atoms with E-state index in [4.69, 9.17) is 0 Å². The van der Waals surface area contributed by atoms with Crippen LogP contribution in [-0.4, -0.2) is 47.3 Å². The maximum Gasteiger partial charge on any atom is 0.287 e. The molecule has 0 bridgehead atoms. The SMILES string of the molecule is CC1C=C(N2C[C@H](C(=O)C(=O)NC3CC3)[C@@H](c3ccccc3)C2=O)C=N1. The number of likely N-dealkylation sites (tertiary alicyclic amines) is 1. The fraction of sp³-hybridized carbons (Fsp3) is 0.400. The summed E-state index contributed by atoms with van der Waals surface area (Å²) in [6, 6.07) is 9.35. The summed E-state index contributed by atoms with van der Waals surface area (Å²) in [5, 5.41) is 2.75. The highest BCUT2D eigenvalue weighted by molar-refractivity contribution is 6.38. The van der Waals surface area contributed by atoms with Gasteiger partial charge in [-0.1, -0.05) is 30.3 Å². The molecule has 2 amide bonds. The lowest BCUT2D eigenvalue weighted by Crippen LogP contribution is -2.39. The fourth-order valence-corrected chi connectivity index (χ4v) is 3.57. The van der Waals surface area contributed by atoms with Crippen molar-refractivity contribution in [2.45, 2.75) is 37.8 Å². The molecule has 2 heterocycles. The first kappa shape index (κ1) is 16.7. The summed E-state index contributed by atoms with van der Waals surface area (Å²) in [5.74, 6) is -2.56. The molecule has 1 aromatic carbocycles. The molecule has 1 aliphatic carbocycles. The molecule has 134 valence electrons. The standard InChI is InChI=1S/C20H21N3O3/c1-12-9-15(10-21-12)23-11-16(18(24)19(25)22-14-7-8-14)17(20(23)26)13-5-3-2-4-6-13/h2-6,9-10,12,14,16-17H,7-8,11H2,1H3,(H,22,25)/t12?,16-,17+/m0/s1. The maximum atomic E-state index is 13.1. The van der Waals surface area contributed by atoms with Crippen LogP contribution in [0.25, 0.3) is 0 Å². The molecule has 1 unspecified atom stereocenters. The third-order valence-corrected chi connectivity index (χ3v) is 5.11. The largest absolute Gasteiger partial charge is 0.347 e. The number of amides is 2. The second kappa shape index (κ2) is 6.52. The molecule has 0 aromatic heterocycles. The molecule has 6 nitrogen and oxygen atoms in total. The molecule has 1 saturated heterocycles. The van der Waals surface area contributed by atoms with Crippen molar-refractivity contribution in [3.05, 3.63) is 47.7 Å². The number of carbonyl (C=O) groups excluding carboxylic acids is 3. The minimum absolute atomic E-state index is 0.0147. The van der Waals surface area contributed by atoms with Gasteiger partial charge in [-0.05, 0) is 31.4 Å². The number of carbonyl (C=O) groups is 3. The van der Waals surface area contributed by atoms with Crippen molar-refractivity contribution in [2.75, 3.05) is 6.54 Å². The highest BCUT2D eigenvalue weighted by Gasteiger charge is 2.48. The van der Waals surface area contributed by atoms with Gasteiger partial charge in [0.05, 0.1) is 23.6 Å². The fourth-order valence-electron chi connectivity index (χ4n) is 3.57.